The molecule has 0 aromatic heterocycles. The molecule has 6 heteroatoms. The van der Waals surface area contributed by atoms with Gasteiger partial charge in [0, 0.05) is 25.3 Å². The van der Waals surface area contributed by atoms with Crippen molar-refractivity contribution in [2.45, 2.75) is 24.7 Å². The number of hydrogen-bond donors (Lipinski definition) is 1. The van der Waals surface area contributed by atoms with Crippen LogP contribution in [0.4, 0.5) is 5.69 Å². The molecule has 0 saturated carbocycles. The van der Waals surface area contributed by atoms with Crippen LogP contribution in [0.3, 0.4) is 0 Å². The van der Waals surface area contributed by atoms with E-state index in [9.17, 15) is 13.2 Å². The third-order valence-electron chi connectivity index (χ3n) is 3.71. The first-order valence-electron chi connectivity index (χ1n) is 7.65. The smallest absolute Gasteiger partial charge is 0.255 e. The molecule has 0 atom stereocenters. The fourth-order valence-corrected chi connectivity index (χ4v) is 3.11. The summed E-state index contributed by atoms with van der Waals surface area (Å²) in [4.78, 5) is 12.5. The van der Waals surface area contributed by atoms with Crippen LogP contribution in [-0.2, 0) is 10.0 Å². The molecule has 2 rings (SSSR count). The van der Waals surface area contributed by atoms with Crippen molar-refractivity contribution < 1.29 is 13.2 Å². The summed E-state index contributed by atoms with van der Waals surface area (Å²) < 4.78 is 25.4. The maximum Gasteiger partial charge on any atom is 0.255 e. The Morgan fingerprint density at radius 3 is 2.21 bits per heavy atom. The molecule has 0 saturated heterocycles. The Morgan fingerprint density at radius 1 is 1.04 bits per heavy atom. The number of amides is 1. The van der Waals surface area contributed by atoms with Crippen LogP contribution >= 0.6 is 0 Å². The average molecular weight is 346 g/mol. The molecule has 0 fully saturated rings. The van der Waals surface area contributed by atoms with Gasteiger partial charge in [-0.1, -0.05) is 32.0 Å². The predicted molar refractivity (Wildman–Crippen MR) is 95.8 cm³/mol. The molecule has 2 aromatic rings. The van der Waals surface area contributed by atoms with Crippen LogP contribution in [0.15, 0.2) is 53.4 Å². The first-order valence-corrected chi connectivity index (χ1v) is 9.09. The van der Waals surface area contributed by atoms with Crippen molar-refractivity contribution in [3.8, 4) is 0 Å². The van der Waals surface area contributed by atoms with Crippen molar-refractivity contribution in [2.24, 2.45) is 0 Å². The van der Waals surface area contributed by atoms with E-state index < -0.39 is 10.0 Å². The van der Waals surface area contributed by atoms with E-state index in [1.807, 2.05) is 24.3 Å². The molecule has 0 spiro atoms. The van der Waals surface area contributed by atoms with E-state index in [1.54, 1.807) is 12.1 Å². The van der Waals surface area contributed by atoms with Crippen LogP contribution in [0.5, 0.6) is 0 Å². The van der Waals surface area contributed by atoms with E-state index in [1.165, 1.54) is 31.8 Å². The summed E-state index contributed by atoms with van der Waals surface area (Å²) in [6, 6.07) is 13.6. The highest BCUT2D eigenvalue weighted by molar-refractivity contribution is 7.89. The molecular formula is C18H22N2O3S. The highest BCUT2D eigenvalue weighted by atomic mass is 32.2. The third kappa shape index (κ3) is 4.01. The molecule has 0 bridgehead atoms. The number of nitrogens with zero attached hydrogens (tertiary/aromatic N) is 1. The van der Waals surface area contributed by atoms with Crippen LogP contribution in [0.1, 0.15) is 35.7 Å². The molecule has 0 aliphatic carbocycles. The van der Waals surface area contributed by atoms with Gasteiger partial charge in [0.25, 0.3) is 5.91 Å². The SMILES string of the molecule is CC(C)c1ccc(NC(=O)c2cccc(S(=O)(=O)N(C)C)c2)cc1. The molecule has 2 aromatic carbocycles. The van der Waals surface area contributed by atoms with Crippen molar-refractivity contribution in [3.63, 3.8) is 0 Å². The monoisotopic (exact) mass is 346 g/mol. The van der Waals surface area contributed by atoms with Crippen LogP contribution in [0, 0.1) is 0 Å². The lowest BCUT2D eigenvalue weighted by Crippen LogP contribution is -2.22. The normalized spacial score (nSPS) is 11.8. The van der Waals surface area contributed by atoms with Crippen molar-refractivity contribution >= 4 is 21.6 Å². The highest BCUT2D eigenvalue weighted by Crippen LogP contribution is 2.19. The van der Waals surface area contributed by atoms with Gasteiger partial charge >= 0.3 is 0 Å². The second kappa shape index (κ2) is 7.15. The van der Waals surface area contributed by atoms with E-state index in [0.29, 0.717) is 17.2 Å². The van der Waals surface area contributed by atoms with Crippen molar-refractivity contribution in [1.82, 2.24) is 4.31 Å². The van der Waals surface area contributed by atoms with Crippen molar-refractivity contribution in [1.29, 1.82) is 0 Å². The average Bonchev–Trinajstić information content (AvgIpc) is 2.55. The van der Waals surface area contributed by atoms with Gasteiger partial charge < -0.3 is 5.32 Å². The van der Waals surface area contributed by atoms with Crippen molar-refractivity contribution in [3.05, 3.63) is 59.7 Å². The Balaban J connectivity index is 2.21. The Morgan fingerprint density at radius 2 is 1.67 bits per heavy atom. The summed E-state index contributed by atoms with van der Waals surface area (Å²) in [5, 5.41) is 2.78. The van der Waals surface area contributed by atoms with Gasteiger partial charge in [-0.25, -0.2) is 12.7 Å². The van der Waals surface area contributed by atoms with Gasteiger partial charge in [0.05, 0.1) is 4.90 Å². The molecule has 24 heavy (non-hydrogen) atoms. The molecule has 0 aliphatic heterocycles. The number of benzene rings is 2. The molecule has 128 valence electrons. The van der Waals surface area contributed by atoms with E-state index in [-0.39, 0.29) is 10.8 Å². The van der Waals surface area contributed by atoms with Crippen LogP contribution in [0.2, 0.25) is 0 Å². The van der Waals surface area contributed by atoms with E-state index >= 15 is 0 Å². The lowest BCUT2D eigenvalue weighted by Gasteiger charge is -2.12. The number of anilines is 1. The van der Waals surface area contributed by atoms with Crippen LogP contribution in [-0.4, -0.2) is 32.7 Å². The molecule has 0 radical (unpaired) electrons. The number of rotatable bonds is 5. The topological polar surface area (TPSA) is 66.5 Å². The van der Waals surface area contributed by atoms with E-state index in [0.717, 1.165) is 4.31 Å². The van der Waals surface area contributed by atoms with Gasteiger partial charge in [-0.2, -0.15) is 0 Å². The van der Waals surface area contributed by atoms with Crippen LogP contribution < -0.4 is 5.32 Å². The third-order valence-corrected chi connectivity index (χ3v) is 5.52. The highest BCUT2D eigenvalue weighted by Gasteiger charge is 2.18. The number of hydrogen-bond acceptors (Lipinski definition) is 3. The molecule has 0 unspecified atom stereocenters. The minimum Gasteiger partial charge on any atom is -0.322 e. The number of sulfonamides is 1. The zero-order valence-electron chi connectivity index (χ0n) is 14.3. The Kier molecular flexibility index (Phi) is 5.41. The summed E-state index contributed by atoms with van der Waals surface area (Å²) in [7, 11) is -0.654. The van der Waals surface area contributed by atoms with Crippen LogP contribution in [0.25, 0.3) is 0 Å². The van der Waals surface area contributed by atoms with Gasteiger partial charge in [-0.05, 0) is 41.8 Å². The fourth-order valence-electron chi connectivity index (χ4n) is 2.16. The van der Waals surface area contributed by atoms with Gasteiger partial charge in [-0.3, -0.25) is 4.79 Å². The molecule has 1 amide bonds. The number of carbonyl (C=O) groups is 1. The second-order valence-electron chi connectivity index (χ2n) is 6.05. The quantitative estimate of drug-likeness (QED) is 0.903. The lowest BCUT2D eigenvalue weighted by molar-refractivity contribution is 0.102. The summed E-state index contributed by atoms with van der Waals surface area (Å²) in [6.45, 7) is 4.20. The first-order chi connectivity index (χ1) is 11.2. The fraction of sp³-hybridized carbons (Fsp3) is 0.278. The molecular weight excluding hydrogens is 324 g/mol. The van der Waals surface area contributed by atoms with Gasteiger partial charge in [0.2, 0.25) is 10.0 Å². The maximum atomic E-state index is 12.4. The standard InChI is InChI=1S/C18H22N2O3S/c1-13(2)14-8-10-16(11-9-14)19-18(21)15-6-5-7-17(12-15)24(22,23)20(3)4/h5-13H,1-4H3,(H,19,21). The van der Waals surface area contributed by atoms with Gasteiger partial charge in [0.15, 0.2) is 0 Å². The molecule has 0 aliphatic rings. The number of carbonyl (C=O) groups excluding carboxylic acids is 1. The van der Waals surface area contributed by atoms with E-state index in [2.05, 4.69) is 19.2 Å². The van der Waals surface area contributed by atoms with Crippen molar-refractivity contribution in [2.75, 3.05) is 19.4 Å². The zero-order chi connectivity index (χ0) is 17.9. The van der Waals surface area contributed by atoms with E-state index in [4.69, 9.17) is 0 Å². The minimum atomic E-state index is -3.57. The minimum absolute atomic E-state index is 0.0929. The summed E-state index contributed by atoms with van der Waals surface area (Å²) in [5.41, 5.74) is 2.16. The predicted octanol–water partition coefficient (Wildman–Crippen LogP) is 3.31. The first kappa shape index (κ1) is 18.2. The Bertz CT molecular complexity index is 826. The molecule has 1 N–H and O–H groups in total. The Labute approximate surface area is 143 Å². The molecule has 5 nitrogen and oxygen atoms in total. The van der Waals surface area contributed by atoms with Gasteiger partial charge in [0.1, 0.15) is 0 Å². The second-order valence-corrected chi connectivity index (χ2v) is 8.20. The van der Waals surface area contributed by atoms with Gasteiger partial charge in [-0.15, -0.1) is 0 Å². The summed E-state index contributed by atoms with van der Waals surface area (Å²) in [6.07, 6.45) is 0. The zero-order valence-corrected chi connectivity index (χ0v) is 15.1. The summed E-state index contributed by atoms with van der Waals surface area (Å²) in [5.74, 6) is 0.0748. The summed E-state index contributed by atoms with van der Waals surface area (Å²) >= 11 is 0. The lowest BCUT2D eigenvalue weighted by atomic mass is 10.0. The maximum absolute atomic E-state index is 12.4. The number of nitrogens with one attached hydrogen (secondary N) is 1. The largest absolute Gasteiger partial charge is 0.322 e. The Hall–Kier alpha value is -2.18. The molecule has 0 heterocycles.